The Morgan fingerprint density at radius 1 is 1.20 bits per heavy atom. The van der Waals surface area contributed by atoms with E-state index in [1.165, 1.54) is 38.5 Å². The minimum absolute atomic E-state index is 0.0262. The predicted molar refractivity (Wildman–Crippen MR) is 65.8 cm³/mol. The van der Waals surface area contributed by atoms with Gasteiger partial charge in [-0.25, -0.2) is 0 Å². The van der Waals surface area contributed by atoms with Crippen LogP contribution < -0.4 is 0 Å². The second-order valence-electron chi connectivity index (χ2n) is 5.74. The lowest BCUT2D eigenvalue weighted by Crippen LogP contribution is -2.26. The van der Waals surface area contributed by atoms with Crippen LogP contribution in [0.4, 0.5) is 0 Å². The van der Waals surface area contributed by atoms with E-state index >= 15 is 0 Å². The molecule has 1 N–H and O–H groups in total. The monoisotopic (exact) mass is 212 g/mol. The van der Waals surface area contributed by atoms with Crippen LogP contribution in [-0.2, 0) is 0 Å². The first-order chi connectivity index (χ1) is 7.13. The third-order valence-electron chi connectivity index (χ3n) is 3.98. The van der Waals surface area contributed by atoms with E-state index in [2.05, 4.69) is 20.8 Å². The van der Waals surface area contributed by atoms with Gasteiger partial charge in [-0.2, -0.15) is 0 Å². The van der Waals surface area contributed by atoms with Crippen LogP contribution in [0, 0.1) is 17.8 Å². The topological polar surface area (TPSA) is 20.2 Å². The van der Waals surface area contributed by atoms with Crippen LogP contribution >= 0.6 is 0 Å². The van der Waals surface area contributed by atoms with E-state index in [-0.39, 0.29) is 6.10 Å². The molecule has 0 aromatic carbocycles. The van der Waals surface area contributed by atoms with E-state index in [1.807, 2.05) is 0 Å². The summed E-state index contributed by atoms with van der Waals surface area (Å²) in [5.41, 5.74) is 0. The van der Waals surface area contributed by atoms with Gasteiger partial charge >= 0.3 is 0 Å². The summed E-state index contributed by atoms with van der Waals surface area (Å²) in [6.45, 7) is 6.76. The van der Waals surface area contributed by atoms with Crippen molar-refractivity contribution in [3.8, 4) is 0 Å². The molecule has 1 nitrogen and oxygen atoms in total. The largest absolute Gasteiger partial charge is 0.393 e. The van der Waals surface area contributed by atoms with E-state index in [1.54, 1.807) is 0 Å². The minimum atomic E-state index is -0.0262. The molecule has 0 aromatic rings. The summed E-state index contributed by atoms with van der Waals surface area (Å²) in [6, 6.07) is 0. The Kier molecular flexibility index (Phi) is 5.66. The van der Waals surface area contributed by atoms with Crippen molar-refractivity contribution in [3.05, 3.63) is 0 Å². The smallest absolute Gasteiger partial charge is 0.0568 e. The van der Waals surface area contributed by atoms with Crippen molar-refractivity contribution in [1.82, 2.24) is 0 Å². The van der Waals surface area contributed by atoms with Gasteiger partial charge in [-0.3, -0.25) is 0 Å². The normalized spacial score (nSPS) is 29.4. The quantitative estimate of drug-likeness (QED) is 0.730. The van der Waals surface area contributed by atoms with Gasteiger partial charge in [0.1, 0.15) is 0 Å². The molecule has 0 amide bonds. The fraction of sp³-hybridized carbons (Fsp3) is 1.00. The zero-order valence-corrected chi connectivity index (χ0v) is 10.7. The summed E-state index contributed by atoms with van der Waals surface area (Å²) in [5.74, 6) is 2.21. The minimum Gasteiger partial charge on any atom is -0.393 e. The lowest BCUT2D eigenvalue weighted by atomic mass is 9.76. The molecule has 1 aliphatic carbocycles. The molecule has 90 valence electrons. The molecule has 0 bridgehead atoms. The van der Waals surface area contributed by atoms with Crippen LogP contribution in [0.25, 0.3) is 0 Å². The van der Waals surface area contributed by atoms with Gasteiger partial charge in [-0.1, -0.05) is 40.0 Å². The number of hydrogen-bond acceptors (Lipinski definition) is 1. The van der Waals surface area contributed by atoms with Crippen molar-refractivity contribution < 1.29 is 5.11 Å². The first-order valence-corrected chi connectivity index (χ1v) is 6.81. The van der Waals surface area contributed by atoms with Crippen molar-refractivity contribution >= 4 is 0 Å². The van der Waals surface area contributed by atoms with Crippen molar-refractivity contribution in [1.29, 1.82) is 0 Å². The Morgan fingerprint density at radius 3 is 2.53 bits per heavy atom. The molecule has 3 atom stereocenters. The molecular weight excluding hydrogens is 184 g/mol. The van der Waals surface area contributed by atoms with E-state index in [0.717, 1.165) is 18.3 Å². The standard InChI is InChI=1S/C14H28O/c1-4-12-6-5-7-13(10-12)14(15)9-8-11(2)3/h11-15H,4-10H2,1-3H3. The fourth-order valence-electron chi connectivity index (χ4n) is 2.79. The molecule has 0 radical (unpaired) electrons. The summed E-state index contributed by atoms with van der Waals surface area (Å²) in [5, 5.41) is 10.1. The van der Waals surface area contributed by atoms with Crippen LogP contribution in [0.1, 0.15) is 65.7 Å². The molecule has 1 rings (SSSR count). The van der Waals surface area contributed by atoms with Crippen LogP contribution in [0.5, 0.6) is 0 Å². The Hall–Kier alpha value is -0.0400. The van der Waals surface area contributed by atoms with Crippen LogP contribution in [-0.4, -0.2) is 11.2 Å². The van der Waals surface area contributed by atoms with Gasteiger partial charge in [0.15, 0.2) is 0 Å². The summed E-state index contributed by atoms with van der Waals surface area (Å²) in [4.78, 5) is 0. The highest BCUT2D eigenvalue weighted by molar-refractivity contribution is 4.77. The molecule has 0 spiro atoms. The highest BCUT2D eigenvalue weighted by Gasteiger charge is 2.26. The molecule has 0 saturated heterocycles. The fourth-order valence-corrected chi connectivity index (χ4v) is 2.79. The molecular formula is C14H28O. The maximum Gasteiger partial charge on any atom is 0.0568 e. The van der Waals surface area contributed by atoms with Gasteiger partial charge in [0.05, 0.1) is 6.10 Å². The molecule has 1 fully saturated rings. The summed E-state index contributed by atoms with van der Waals surface area (Å²) < 4.78 is 0. The molecule has 0 heterocycles. The maximum absolute atomic E-state index is 10.1. The first-order valence-electron chi connectivity index (χ1n) is 6.81. The Morgan fingerprint density at radius 2 is 1.93 bits per heavy atom. The van der Waals surface area contributed by atoms with Gasteiger partial charge in [-0.15, -0.1) is 0 Å². The van der Waals surface area contributed by atoms with Gasteiger partial charge in [-0.05, 0) is 43.4 Å². The maximum atomic E-state index is 10.1. The van der Waals surface area contributed by atoms with E-state index < -0.39 is 0 Å². The highest BCUT2D eigenvalue weighted by atomic mass is 16.3. The second kappa shape index (κ2) is 6.52. The van der Waals surface area contributed by atoms with E-state index in [9.17, 15) is 5.11 Å². The van der Waals surface area contributed by atoms with Gasteiger partial charge in [0.2, 0.25) is 0 Å². The predicted octanol–water partition coefficient (Wildman–Crippen LogP) is 4.00. The molecule has 0 aromatic heterocycles. The van der Waals surface area contributed by atoms with Crippen LogP contribution in [0.15, 0.2) is 0 Å². The highest BCUT2D eigenvalue weighted by Crippen LogP contribution is 2.34. The van der Waals surface area contributed by atoms with E-state index in [4.69, 9.17) is 0 Å². The second-order valence-corrected chi connectivity index (χ2v) is 5.74. The van der Waals surface area contributed by atoms with Gasteiger partial charge in [0, 0.05) is 0 Å². The Labute approximate surface area is 95.3 Å². The van der Waals surface area contributed by atoms with Gasteiger partial charge in [0.25, 0.3) is 0 Å². The van der Waals surface area contributed by atoms with Crippen molar-refractivity contribution in [2.24, 2.45) is 17.8 Å². The molecule has 3 unspecified atom stereocenters. The van der Waals surface area contributed by atoms with Crippen molar-refractivity contribution in [2.45, 2.75) is 71.8 Å². The molecule has 1 heteroatoms. The lowest BCUT2D eigenvalue weighted by molar-refractivity contribution is 0.0574. The molecule has 15 heavy (non-hydrogen) atoms. The number of hydrogen-bond donors (Lipinski definition) is 1. The average molecular weight is 212 g/mol. The average Bonchev–Trinajstić information content (AvgIpc) is 2.26. The van der Waals surface area contributed by atoms with Crippen LogP contribution in [0.2, 0.25) is 0 Å². The first kappa shape index (κ1) is 13.0. The zero-order valence-electron chi connectivity index (χ0n) is 10.7. The summed E-state index contributed by atoms with van der Waals surface area (Å²) in [7, 11) is 0. The molecule has 1 aliphatic rings. The van der Waals surface area contributed by atoms with E-state index in [0.29, 0.717) is 5.92 Å². The molecule has 0 aliphatic heterocycles. The third kappa shape index (κ3) is 4.55. The van der Waals surface area contributed by atoms with Crippen LogP contribution in [0.3, 0.4) is 0 Å². The summed E-state index contributed by atoms with van der Waals surface area (Å²) >= 11 is 0. The Bertz CT molecular complexity index is 165. The lowest BCUT2D eigenvalue weighted by Gasteiger charge is -2.32. The molecule has 1 saturated carbocycles. The zero-order chi connectivity index (χ0) is 11.3. The Balaban J connectivity index is 2.28. The van der Waals surface area contributed by atoms with Crippen molar-refractivity contribution in [3.63, 3.8) is 0 Å². The summed E-state index contributed by atoms with van der Waals surface area (Å²) in [6.07, 6.45) is 8.72. The van der Waals surface area contributed by atoms with Gasteiger partial charge < -0.3 is 5.11 Å². The van der Waals surface area contributed by atoms with Crippen molar-refractivity contribution in [2.75, 3.05) is 0 Å². The number of aliphatic hydroxyl groups excluding tert-OH is 1. The number of rotatable bonds is 5. The number of aliphatic hydroxyl groups is 1. The SMILES string of the molecule is CCC1CCCC(C(O)CCC(C)C)C1. The third-order valence-corrected chi connectivity index (χ3v) is 3.98.